The third-order valence-electron chi connectivity index (χ3n) is 7.12. The van der Waals surface area contributed by atoms with Gasteiger partial charge in [-0.15, -0.1) is 0 Å². The molecule has 0 bridgehead atoms. The molecular weight excluding hydrogens is 473 g/mol. The molecule has 3 aromatic rings. The molecule has 0 spiro atoms. The third kappa shape index (κ3) is 5.11. The summed E-state index contributed by atoms with van der Waals surface area (Å²) >= 11 is 0. The minimum atomic E-state index is -1.21. The van der Waals surface area contributed by atoms with E-state index in [4.69, 9.17) is 23.9 Å². The lowest BCUT2D eigenvalue weighted by Crippen LogP contribution is -2.41. The summed E-state index contributed by atoms with van der Waals surface area (Å²) in [4.78, 5) is 4.33. The second-order valence-electron chi connectivity index (χ2n) is 12.1. The highest BCUT2D eigenvalue weighted by molar-refractivity contribution is 6.76. The molecule has 0 aromatic carbocycles. The van der Waals surface area contributed by atoms with Crippen LogP contribution in [0.4, 0.5) is 0 Å². The first-order valence-corrected chi connectivity index (χ1v) is 16.4. The number of rotatable bonds is 9. The van der Waals surface area contributed by atoms with Crippen LogP contribution in [-0.2, 0) is 20.8 Å². The normalized spacial score (nSPS) is 17.5. The molecule has 4 heterocycles. The molecule has 0 aliphatic carbocycles. The van der Waals surface area contributed by atoms with E-state index in [-0.39, 0.29) is 5.92 Å². The Balaban J connectivity index is 1.83. The number of aromatic nitrogens is 5. The highest BCUT2D eigenvalue weighted by Crippen LogP contribution is 2.38. The second-order valence-corrected chi connectivity index (χ2v) is 17.7. The first kappa shape index (κ1) is 26.8. The number of hydrogen-bond donors (Lipinski definition) is 0. The van der Waals surface area contributed by atoms with E-state index in [0.29, 0.717) is 24.7 Å². The van der Waals surface area contributed by atoms with Gasteiger partial charge >= 0.3 is 7.12 Å². The number of hydrogen-bond acceptors (Lipinski definition) is 7. The van der Waals surface area contributed by atoms with E-state index < -0.39 is 26.4 Å². The van der Waals surface area contributed by atoms with Crippen molar-refractivity contribution >= 4 is 26.4 Å². The molecule has 0 saturated carbocycles. The summed E-state index contributed by atoms with van der Waals surface area (Å²) in [6.07, 6.45) is 3.48. The molecule has 11 heteroatoms. The Labute approximate surface area is 215 Å². The van der Waals surface area contributed by atoms with Crippen molar-refractivity contribution in [3.05, 3.63) is 24.2 Å². The Morgan fingerprint density at radius 2 is 1.78 bits per heavy atom. The largest absolute Gasteiger partial charge is 0.516 e. The van der Waals surface area contributed by atoms with Crippen molar-refractivity contribution in [3.8, 4) is 17.0 Å². The van der Waals surface area contributed by atoms with Crippen LogP contribution in [0.1, 0.15) is 53.0 Å². The van der Waals surface area contributed by atoms with Crippen LogP contribution in [0.15, 0.2) is 18.6 Å². The quantitative estimate of drug-likeness (QED) is 0.311. The van der Waals surface area contributed by atoms with Gasteiger partial charge in [0, 0.05) is 32.0 Å². The fourth-order valence-corrected chi connectivity index (χ4v) is 5.05. The van der Waals surface area contributed by atoms with Gasteiger partial charge in [0.1, 0.15) is 13.1 Å². The van der Waals surface area contributed by atoms with Crippen molar-refractivity contribution in [3.63, 3.8) is 0 Å². The minimum Gasteiger partial charge on any atom is -0.493 e. The first-order valence-electron chi connectivity index (χ1n) is 12.7. The Morgan fingerprint density at radius 3 is 2.36 bits per heavy atom. The molecule has 0 N–H and O–H groups in total. The lowest BCUT2D eigenvalue weighted by Gasteiger charge is -2.32. The lowest BCUT2D eigenvalue weighted by molar-refractivity contribution is 0.00578. The van der Waals surface area contributed by atoms with Gasteiger partial charge in [-0.1, -0.05) is 33.5 Å². The van der Waals surface area contributed by atoms with Gasteiger partial charge in [-0.25, -0.2) is 14.2 Å². The first-order chi connectivity index (χ1) is 16.7. The molecule has 4 rings (SSSR count). The summed E-state index contributed by atoms with van der Waals surface area (Å²) in [5.74, 6) is 0.798. The molecule has 1 aliphatic rings. The molecule has 9 nitrogen and oxygen atoms in total. The average Bonchev–Trinajstić information content (AvgIpc) is 3.43. The zero-order valence-electron chi connectivity index (χ0n) is 23.4. The zero-order chi connectivity index (χ0) is 26.5. The highest BCUT2D eigenvalue weighted by Gasteiger charge is 2.53. The van der Waals surface area contributed by atoms with E-state index in [1.54, 1.807) is 11.6 Å². The standard InChI is InChI=1S/C25H40BN5O4Si/c1-17(2)20-21(18-13-19(32-7)23-27-15-28-30(23)14-18)31(16-33-11-12-36(8,9)10)29-22(20)26-34-24(3,4)25(5,6)35-26/h13-15,17H,11-12,16H2,1-10H3. The number of methoxy groups -OCH3 is 1. The van der Waals surface area contributed by atoms with E-state index in [1.165, 1.54) is 6.33 Å². The number of pyridine rings is 1. The highest BCUT2D eigenvalue weighted by atomic mass is 28.3. The van der Waals surface area contributed by atoms with E-state index in [0.717, 1.165) is 28.5 Å². The van der Waals surface area contributed by atoms with Crippen LogP contribution in [0.2, 0.25) is 25.7 Å². The smallest absolute Gasteiger partial charge is 0.493 e. The van der Waals surface area contributed by atoms with E-state index in [9.17, 15) is 0 Å². The van der Waals surface area contributed by atoms with Crippen LogP contribution >= 0.6 is 0 Å². The molecule has 196 valence electrons. The fraction of sp³-hybridized carbons (Fsp3) is 0.640. The summed E-state index contributed by atoms with van der Waals surface area (Å²) in [5.41, 5.74) is 3.43. The lowest BCUT2D eigenvalue weighted by atomic mass is 9.78. The summed E-state index contributed by atoms with van der Waals surface area (Å²) < 4.78 is 28.3. The van der Waals surface area contributed by atoms with Crippen LogP contribution in [0, 0.1) is 0 Å². The molecule has 1 fully saturated rings. The maximum atomic E-state index is 6.43. The molecule has 1 saturated heterocycles. The number of fused-ring (bicyclic) bond motifs is 1. The van der Waals surface area contributed by atoms with Gasteiger partial charge in [-0.3, -0.25) is 0 Å². The fourth-order valence-electron chi connectivity index (χ4n) is 4.30. The second kappa shape index (κ2) is 9.59. The van der Waals surface area contributed by atoms with E-state index in [1.807, 2.05) is 16.9 Å². The molecule has 36 heavy (non-hydrogen) atoms. The van der Waals surface area contributed by atoms with Crippen molar-refractivity contribution in [2.24, 2.45) is 0 Å². The van der Waals surface area contributed by atoms with Gasteiger partial charge in [-0.05, 0) is 45.7 Å². The summed E-state index contributed by atoms with van der Waals surface area (Å²) in [6.45, 7) is 20.6. The Bertz CT molecular complexity index is 1220. The predicted octanol–water partition coefficient (Wildman–Crippen LogP) is 4.34. The maximum Gasteiger partial charge on any atom is 0.516 e. The van der Waals surface area contributed by atoms with Crippen LogP contribution < -0.4 is 10.3 Å². The Kier molecular flexibility index (Phi) is 7.15. The molecule has 3 aromatic heterocycles. The zero-order valence-corrected chi connectivity index (χ0v) is 24.4. The summed E-state index contributed by atoms with van der Waals surface area (Å²) in [7, 11) is -0.150. The molecule has 0 amide bonds. The number of ether oxygens (including phenoxy) is 2. The minimum absolute atomic E-state index is 0.155. The average molecular weight is 514 g/mol. The summed E-state index contributed by atoms with van der Waals surface area (Å²) in [6, 6.07) is 3.07. The van der Waals surface area contributed by atoms with Crippen molar-refractivity contribution in [2.45, 2.75) is 91.1 Å². The van der Waals surface area contributed by atoms with E-state index >= 15 is 0 Å². The molecule has 1 aliphatic heterocycles. The van der Waals surface area contributed by atoms with Crippen LogP contribution in [0.5, 0.6) is 5.75 Å². The van der Waals surface area contributed by atoms with Gasteiger partial charge in [0.25, 0.3) is 0 Å². The van der Waals surface area contributed by atoms with Gasteiger partial charge in [0.05, 0.1) is 29.6 Å². The van der Waals surface area contributed by atoms with Gasteiger partial charge in [0.15, 0.2) is 11.4 Å². The van der Waals surface area contributed by atoms with Crippen LogP contribution in [0.3, 0.4) is 0 Å². The molecule has 0 radical (unpaired) electrons. The Hall–Kier alpha value is -2.21. The van der Waals surface area contributed by atoms with Crippen molar-refractivity contribution < 1.29 is 18.8 Å². The molecular formula is C25H40BN5O4Si. The van der Waals surface area contributed by atoms with Crippen LogP contribution in [0.25, 0.3) is 16.9 Å². The van der Waals surface area contributed by atoms with E-state index in [2.05, 4.69) is 71.3 Å². The van der Waals surface area contributed by atoms with Crippen molar-refractivity contribution in [1.29, 1.82) is 0 Å². The van der Waals surface area contributed by atoms with Gasteiger partial charge in [0.2, 0.25) is 0 Å². The van der Waals surface area contributed by atoms with Crippen molar-refractivity contribution in [2.75, 3.05) is 13.7 Å². The molecule has 0 unspecified atom stereocenters. The number of nitrogens with zero attached hydrogens (tertiary/aromatic N) is 5. The maximum absolute atomic E-state index is 6.43. The summed E-state index contributed by atoms with van der Waals surface area (Å²) in [5, 5.41) is 9.41. The monoisotopic (exact) mass is 513 g/mol. The third-order valence-corrected chi connectivity index (χ3v) is 8.82. The van der Waals surface area contributed by atoms with Crippen molar-refractivity contribution in [1.82, 2.24) is 24.4 Å². The predicted molar refractivity (Wildman–Crippen MR) is 145 cm³/mol. The topological polar surface area (TPSA) is 84.9 Å². The molecule has 0 atom stereocenters. The van der Waals surface area contributed by atoms with Gasteiger partial charge < -0.3 is 18.8 Å². The Morgan fingerprint density at radius 1 is 1.11 bits per heavy atom. The van der Waals surface area contributed by atoms with Gasteiger partial charge in [-0.2, -0.15) is 10.2 Å². The SMILES string of the molecule is COc1cc(-c2c(C(C)C)c(B3OC(C)(C)C(C)(C)O3)nn2COCC[Si](C)(C)C)cn2ncnc12. The van der Waals surface area contributed by atoms with Crippen LogP contribution in [-0.4, -0.2) is 64.5 Å².